The van der Waals surface area contributed by atoms with E-state index in [1.807, 2.05) is 19.1 Å². The van der Waals surface area contributed by atoms with Gasteiger partial charge in [0.15, 0.2) is 0 Å². The van der Waals surface area contributed by atoms with Crippen molar-refractivity contribution in [2.75, 3.05) is 25.9 Å². The van der Waals surface area contributed by atoms with Gasteiger partial charge >= 0.3 is 0 Å². The molecule has 0 aromatic heterocycles. The van der Waals surface area contributed by atoms with Crippen LogP contribution in [0, 0.1) is 0 Å². The fourth-order valence-electron chi connectivity index (χ4n) is 2.91. The largest absolute Gasteiger partial charge is 0.508 e. The van der Waals surface area contributed by atoms with Crippen LogP contribution in [0.1, 0.15) is 36.9 Å². The highest BCUT2D eigenvalue weighted by Crippen LogP contribution is 2.33. The minimum absolute atomic E-state index is 0.314. The van der Waals surface area contributed by atoms with Crippen LogP contribution >= 0.6 is 0 Å². The van der Waals surface area contributed by atoms with Gasteiger partial charge in [0.25, 0.3) is 0 Å². The van der Waals surface area contributed by atoms with E-state index in [1.54, 1.807) is 6.07 Å². The summed E-state index contributed by atoms with van der Waals surface area (Å²) in [6.07, 6.45) is 4.06. The number of nitrogens with one attached hydrogen (secondary N) is 1. The molecular formula is C15H24N2O3S. The Bertz CT molecular complexity index is 587. The molecule has 0 spiro atoms. The zero-order valence-corrected chi connectivity index (χ0v) is 13.5. The molecule has 0 aliphatic heterocycles. The number of aryl methyl sites for hydroxylation is 1. The molecule has 118 valence electrons. The van der Waals surface area contributed by atoms with Crippen LogP contribution in [0.3, 0.4) is 0 Å². The maximum Gasteiger partial charge on any atom is 0.211 e. The third-order valence-electron chi connectivity index (χ3n) is 4.00. The molecule has 0 radical (unpaired) electrons. The standard InChI is InChI=1S/C15H24N2O3S/c1-3-17(21(2,19)20)10-4-9-16-15-8-5-12-11-13(18)6-7-14(12)15/h6-7,11,15-16,18H,3-5,8-10H2,1-2H3. The third kappa shape index (κ3) is 4.18. The number of sulfonamides is 1. The summed E-state index contributed by atoms with van der Waals surface area (Å²) in [5.74, 6) is 0.321. The number of hydrogen-bond acceptors (Lipinski definition) is 4. The molecule has 1 atom stereocenters. The van der Waals surface area contributed by atoms with E-state index in [1.165, 1.54) is 21.7 Å². The van der Waals surface area contributed by atoms with E-state index >= 15 is 0 Å². The molecule has 5 nitrogen and oxygen atoms in total. The van der Waals surface area contributed by atoms with Crippen LogP contribution in [0.5, 0.6) is 5.75 Å². The summed E-state index contributed by atoms with van der Waals surface area (Å²) in [4.78, 5) is 0. The maximum absolute atomic E-state index is 11.5. The van der Waals surface area contributed by atoms with Gasteiger partial charge in [-0.15, -0.1) is 0 Å². The normalized spacial score (nSPS) is 18.1. The number of nitrogens with zero attached hydrogens (tertiary/aromatic N) is 1. The average molecular weight is 312 g/mol. The molecule has 2 N–H and O–H groups in total. The quantitative estimate of drug-likeness (QED) is 0.751. The van der Waals surface area contributed by atoms with Gasteiger partial charge in [0.2, 0.25) is 10.0 Å². The van der Waals surface area contributed by atoms with E-state index in [2.05, 4.69) is 5.32 Å². The van der Waals surface area contributed by atoms with Crippen molar-refractivity contribution < 1.29 is 13.5 Å². The van der Waals surface area contributed by atoms with E-state index < -0.39 is 10.0 Å². The molecule has 1 aliphatic carbocycles. The Kier molecular flexibility index (Phi) is 5.24. The molecule has 0 fully saturated rings. The number of rotatable bonds is 7. The lowest BCUT2D eigenvalue weighted by Crippen LogP contribution is -2.32. The van der Waals surface area contributed by atoms with Crippen LogP contribution in [0.2, 0.25) is 0 Å². The van der Waals surface area contributed by atoms with Gasteiger partial charge in [0.05, 0.1) is 6.26 Å². The van der Waals surface area contributed by atoms with E-state index in [-0.39, 0.29) is 0 Å². The second-order valence-electron chi connectivity index (χ2n) is 5.54. The van der Waals surface area contributed by atoms with Crippen LogP contribution in [-0.4, -0.2) is 43.7 Å². The summed E-state index contributed by atoms with van der Waals surface area (Å²) in [6, 6.07) is 5.85. The molecule has 2 rings (SSSR count). The fraction of sp³-hybridized carbons (Fsp3) is 0.600. The molecule has 6 heteroatoms. The summed E-state index contributed by atoms with van der Waals surface area (Å²) < 4.78 is 24.5. The van der Waals surface area contributed by atoms with Crippen molar-refractivity contribution in [3.05, 3.63) is 29.3 Å². The minimum Gasteiger partial charge on any atom is -0.508 e. The van der Waals surface area contributed by atoms with Crippen molar-refractivity contribution in [1.29, 1.82) is 0 Å². The van der Waals surface area contributed by atoms with Gasteiger partial charge in [-0.3, -0.25) is 0 Å². The van der Waals surface area contributed by atoms with Gasteiger partial charge in [-0.05, 0) is 49.1 Å². The molecule has 0 amide bonds. The van der Waals surface area contributed by atoms with Gasteiger partial charge in [0.1, 0.15) is 5.75 Å². The van der Waals surface area contributed by atoms with E-state index in [9.17, 15) is 13.5 Å². The van der Waals surface area contributed by atoms with E-state index in [4.69, 9.17) is 0 Å². The first-order valence-electron chi connectivity index (χ1n) is 7.42. The highest BCUT2D eigenvalue weighted by molar-refractivity contribution is 7.88. The summed E-state index contributed by atoms with van der Waals surface area (Å²) in [6.45, 7) is 3.72. The molecule has 21 heavy (non-hydrogen) atoms. The summed E-state index contributed by atoms with van der Waals surface area (Å²) in [7, 11) is -3.09. The lowest BCUT2D eigenvalue weighted by atomic mass is 10.1. The zero-order chi connectivity index (χ0) is 15.5. The second kappa shape index (κ2) is 6.77. The maximum atomic E-state index is 11.5. The smallest absolute Gasteiger partial charge is 0.211 e. The zero-order valence-electron chi connectivity index (χ0n) is 12.7. The molecule has 1 unspecified atom stereocenters. The molecule has 0 saturated carbocycles. The van der Waals surface area contributed by atoms with Gasteiger partial charge < -0.3 is 10.4 Å². The Labute approximate surface area is 127 Å². The molecule has 1 aromatic rings. The first kappa shape index (κ1) is 16.3. The number of phenolic OH excluding ortho intramolecular Hbond substituents is 1. The second-order valence-corrected chi connectivity index (χ2v) is 7.52. The minimum atomic E-state index is -3.09. The van der Waals surface area contributed by atoms with Crippen LogP contribution in [-0.2, 0) is 16.4 Å². The molecule has 0 saturated heterocycles. The lowest BCUT2D eigenvalue weighted by molar-refractivity contribution is 0.410. The van der Waals surface area contributed by atoms with Gasteiger partial charge in [-0.1, -0.05) is 13.0 Å². The molecular weight excluding hydrogens is 288 g/mol. The van der Waals surface area contributed by atoms with Crippen molar-refractivity contribution in [2.45, 2.75) is 32.2 Å². The monoisotopic (exact) mass is 312 g/mol. The highest BCUT2D eigenvalue weighted by Gasteiger charge is 2.22. The van der Waals surface area contributed by atoms with Crippen molar-refractivity contribution >= 4 is 10.0 Å². The summed E-state index contributed by atoms with van der Waals surface area (Å²) in [5.41, 5.74) is 2.46. The predicted molar refractivity (Wildman–Crippen MR) is 83.9 cm³/mol. The van der Waals surface area contributed by atoms with Crippen molar-refractivity contribution in [1.82, 2.24) is 9.62 Å². The number of hydrogen-bond donors (Lipinski definition) is 2. The van der Waals surface area contributed by atoms with Gasteiger partial charge in [-0.2, -0.15) is 0 Å². The third-order valence-corrected chi connectivity index (χ3v) is 5.38. The lowest BCUT2D eigenvalue weighted by Gasteiger charge is -2.19. The topological polar surface area (TPSA) is 69.6 Å². The summed E-state index contributed by atoms with van der Waals surface area (Å²) >= 11 is 0. The summed E-state index contributed by atoms with van der Waals surface area (Å²) in [5, 5.41) is 13.0. The Balaban J connectivity index is 1.81. The van der Waals surface area contributed by atoms with Gasteiger partial charge in [0, 0.05) is 19.1 Å². The number of aromatic hydroxyl groups is 1. The predicted octanol–water partition coefficient (Wildman–Crippen LogP) is 1.64. The van der Waals surface area contributed by atoms with E-state index in [0.717, 1.165) is 25.8 Å². The number of benzene rings is 1. The Morgan fingerprint density at radius 2 is 2.19 bits per heavy atom. The molecule has 1 aromatic carbocycles. The Morgan fingerprint density at radius 1 is 1.43 bits per heavy atom. The Morgan fingerprint density at radius 3 is 2.86 bits per heavy atom. The molecule has 0 bridgehead atoms. The number of fused-ring (bicyclic) bond motifs is 1. The first-order valence-corrected chi connectivity index (χ1v) is 9.27. The SMILES string of the molecule is CCN(CCCNC1CCc2cc(O)ccc21)S(C)(=O)=O. The van der Waals surface area contributed by atoms with Crippen molar-refractivity contribution in [3.63, 3.8) is 0 Å². The molecule has 0 heterocycles. The van der Waals surface area contributed by atoms with E-state index in [0.29, 0.717) is 24.9 Å². The average Bonchev–Trinajstić information content (AvgIpc) is 2.79. The fourth-order valence-corrected chi connectivity index (χ4v) is 3.84. The van der Waals surface area contributed by atoms with Crippen molar-refractivity contribution in [2.24, 2.45) is 0 Å². The van der Waals surface area contributed by atoms with Gasteiger partial charge in [-0.25, -0.2) is 12.7 Å². The van der Waals surface area contributed by atoms with Crippen LogP contribution in [0.15, 0.2) is 18.2 Å². The molecule has 1 aliphatic rings. The number of phenols is 1. The Hall–Kier alpha value is -1.11. The first-order chi connectivity index (χ1) is 9.91. The van der Waals surface area contributed by atoms with Crippen LogP contribution in [0.25, 0.3) is 0 Å². The highest BCUT2D eigenvalue weighted by atomic mass is 32.2. The van der Waals surface area contributed by atoms with Crippen molar-refractivity contribution in [3.8, 4) is 5.75 Å². The van der Waals surface area contributed by atoms with Crippen LogP contribution in [0.4, 0.5) is 0 Å². The van der Waals surface area contributed by atoms with Crippen LogP contribution < -0.4 is 5.32 Å².